The van der Waals surface area contributed by atoms with Crippen LogP contribution in [0.2, 0.25) is 0 Å². The molecule has 0 atom stereocenters. The molecule has 15 heavy (non-hydrogen) atoms. The van der Waals surface area contributed by atoms with E-state index in [4.69, 9.17) is 9.84 Å². The first-order chi connectivity index (χ1) is 7.22. The smallest absolute Gasteiger partial charge is 0.330 e. The van der Waals surface area contributed by atoms with Crippen LogP contribution in [-0.2, 0) is 9.53 Å². The second kappa shape index (κ2) is 5.86. The Morgan fingerprint density at radius 2 is 2.07 bits per heavy atom. The van der Waals surface area contributed by atoms with Gasteiger partial charge in [0.1, 0.15) is 5.75 Å². The zero-order valence-electron chi connectivity index (χ0n) is 8.64. The number of benzene rings is 1. The van der Waals surface area contributed by atoms with Crippen LogP contribution in [0.25, 0.3) is 6.08 Å². The standard InChI is InChI=1S/C12H14O3/c1-2-9-15-12(14)8-5-10-3-6-11(13)7-4-10/h3-8,13H,2,9H2,1H3. The maximum atomic E-state index is 11.1. The molecule has 0 amide bonds. The van der Waals surface area contributed by atoms with E-state index >= 15 is 0 Å². The molecular formula is C12H14O3. The van der Waals surface area contributed by atoms with Gasteiger partial charge in [-0.05, 0) is 30.2 Å². The molecule has 3 heteroatoms. The lowest BCUT2D eigenvalue weighted by Crippen LogP contribution is -2.00. The van der Waals surface area contributed by atoms with Gasteiger partial charge in [-0.1, -0.05) is 19.1 Å². The summed E-state index contributed by atoms with van der Waals surface area (Å²) < 4.78 is 4.86. The van der Waals surface area contributed by atoms with E-state index in [-0.39, 0.29) is 11.7 Å². The highest BCUT2D eigenvalue weighted by Crippen LogP contribution is 2.10. The first-order valence-electron chi connectivity index (χ1n) is 4.86. The Bertz CT molecular complexity index is 338. The maximum absolute atomic E-state index is 11.1. The van der Waals surface area contributed by atoms with E-state index in [1.165, 1.54) is 6.08 Å². The van der Waals surface area contributed by atoms with Crippen LogP contribution in [0.1, 0.15) is 18.9 Å². The monoisotopic (exact) mass is 206 g/mol. The van der Waals surface area contributed by atoms with Crippen molar-refractivity contribution in [3.05, 3.63) is 35.9 Å². The number of aromatic hydroxyl groups is 1. The first kappa shape index (κ1) is 11.3. The Kier molecular flexibility index (Phi) is 4.41. The molecule has 1 rings (SSSR count). The SMILES string of the molecule is CCCOC(=O)C=Cc1ccc(O)cc1. The molecule has 80 valence electrons. The summed E-state index contributed by atoms with van der Waals surface area (Å²) in [7, 11) is 0. The number of hydrogen-bond donors (Lipinski definition) is 1. The average Bonchev–Trinajstić information content (AvgIpc) is 2.25. The maximum Gasteiger partial charge on any atom is 0.330 e. The fourth-order valence-corrected chi connectivity index (χ4v) is 1.00. The first-order valence-corrected chi connectivity index (χ1v) is 4.86. The van der Waals surface area contributed by atoms with Gasteiger partial charge >= 0.3 is 5.97 Å². The molecule has 0 aromatic heterocycles. The summed E-state index contributed by atoms with van der Waals surface area (Å²) in [4.78, 5) is 11.1. The lowest BCUT2D eigenvalue weighted by molar-refractivity contribution is -0.137. The Labute approximate surface area is 89.0 Å². The normalized spacial score (nSPS) is 10.5. The molecule has 0 saturated heterocycles. The van der Waals surface area contributed by atoms with Crippen molar-refractivity contribution in [2.75, 3.05) is 6.61 Å². The van der Waals surface area contributed by atoms with E-state index in [1.54, 1.807) is 30.3 Å². The summed E-state index contributed by atoms with van der Waals surface area (Å²) in [5.41, 5.74) is 0.848. The molecule has 3 nitrogen and oxygen atoms in total. The fraction of sp³-hybridized carbons (Fsp3) is 0.250. The number of ether oxygens (including phenoxy) is 1. The predicted molar refractivity (Wildman–Crippen MR) is 58.4 cm³/mol. The minimum absolute atomic E-state index is 0.209. The van der Waals surface area contributed by atoms with Crippen LogP contribution in [0, 0.1) is 0 Å². The second-order valence-corrected chi connectivity index (χ2v) is 3.09. The van der Waals surface area contributed by atoms with E-state index in [1.807, 2.05) is 6.92 Å². The van der Waals surface area contributed by atoms with Gasteiger partial charge < -0.3 is 9.84 Å². The highest BCUT2D eigenvalue weighted by atomic mass is 16.5. The predicted octanol–water partition coefficient (Wildman–Crippen LogP) is 2.36. The van der Waals surface area contributed by atoms with Crippen molar-refractivity contribution in [3.63, 3.8) is 0 Å². The van der Waals surface area contributed by atoms with Gasteiger partial charge in [0.2, 0.25) is 0 Å². The number of phenols is 1. The molecule has 1 aromatic rings. The molecule has 0 unspecified atom stereocenters. The highest BCUT2D eigenvalue weighted by molar-refractivity contribution is 5.87. The topological polar surface area (TPSA) is 46.5 Å². The molecule has 1 aromatic carbocycles. The van der Waals surface area contributed by atoms with Gasteiger partial charge in [-0.2, -0.15) is 0 Å². The lowest BCUT2D eigenvalue weighted by Gasteiger charge is -1.97. The van der Waals surface area contributed by atoms with Crippen LogP contribution in [-0.4, -0.2) is 17.7 Å². The minimum Gasteiger partial charge on any atom is -0.508 e. The molecule has 0 aliphatic rings. The Hall–Kier alpha value is -1.77. The van der Waals surface area contributed by atoms with Crippen molar-refractivity contribution in [1.82, 2.24) is 0 Å². The van der Waals surface area contributed by atoms with Crippen molar-refractivity contribution >= 4 is 12.0 Å². The Morgan fingerprint density at radius 1 is 1.40 bits per heavy atom. The molecule has 0 aliphatic heterocycles. The van der Waals surface area contributed by atoms with Crippen molar-refractivity contribution in [2.45, 2.75) is 13.3 Å². The van der Waals surface area contributed by atoms with Crippen LogP contribution in [0.5, 0.6) is 5.75 Å². The average molecular weight is 206 g/mol. The minimum atomic E-state index is -0.343. The molecule has 0 aliphatic carbocycles. The number of rotatable bonds is 4. The van der Waals surface area contributed by atoms with Crippen LogP contribution in [0.4, 0.5) is 0 Å². The van der Waals surface area contributed by atoms with Crippen molar-refractivity contribution in [2.24, 2.45) is 0 Å². The summed E-state index contributed by atoms with van der Waals surface area (Å²) in [5, 5.41) is 9.03. The third-order valence-electron chi connectivity index (χ3n) is 1.75. The number of carbonyl (C=O) groups excluding carboxylic acids is 1. The number of phenolic OH excluding ortho intramolecular Hbond substituents is 1. The van der Waals surface area contributed by atoms with E-state index < -0.39 is 0 Å². The van der Waals surface area contributed by atoms with E-state index in [0.717, 1.165) is 12.0 Å². The van der Waals surface area contributed by atoms with Gasteiger partial charge in [0.25, 0.3) is 0 Å². The summed E-state index contributed by atoms with van der Waals surface area (Å²) in [6.07, 6.45) is 3.85. The van der Waals surface area contributed by atoms with Gasteiger partial charge in [-0.3, -0.25) is 0 Å². The van der Waals surface area contributed by atoms with Gasteiger partial charge in [-0.15, -0.1) is 0 Å². The van der Waals surface area contributed by atoms with E-state index in [0.29, 0.717) is 6.61 Å². The molecule has 0 radical (unpaired) electrons. The lowest BCUT2D eigenvalue weighted by atomic mass is 10.2. The largest absolute Gasteiger partial charge is 0.508 e. The molecule has 0 spiro atoms. The van der Waals surface area contributed by atoms with Crippen LogP contribution in [0.15, 0.2) is 30.3 Å². The summed E-state index contributed by atoms with van der Waals surface area (Å²) in [6.45, 7) is 2.38. The Balaban J connectivity index is 2.50. The van der Waals surface area contributed by atoms with E-state index in [2.05, 4.69) is 0 Å². The summed E-state index contributed by atoms with van der Waals surface area (Å²) in [5.74, 6) is -0.134. The van der Waals surface area contributed by atoms with Crippen LogP contribution in [0.3, 0.4) is 0 Å². The third-order valence-corrected chi connectivity index (χ3v) is 1.75. The molecule has 0 saturated carbocycles. The van der Waals surface area contributed by atoms with Crippen LogP contribution >= 0.6 is 0 Å². The highest BCUT2D eigenvalue weighted by Gasteiger charge is 1.94. The van der Waals surface area contributed by atoms with E-state index in [9.17, 15) is 4.79 Å². The molecular weight excluding hydrogens is 192 g/mol. The van der Waals surface area contributed by atoms with Gasteiger partial charge in [0, 0.05) is 6.08 Å². The van der Waals surface area contributed by atoms with Crippen LogP contribution < -0.4 is 0 Å². The molecule has 0 fully saturated rings. The number of hydrogen-bond acceptors (Lipinski definition) is 3. The molecule has 1 N–H and O–H groups in total. The summed E-state index contributed by atoms with van der Waals surface area (Å²) in [6, 6.07) is 6.58. The van der Waals surface area contributed by atoms with Gasteiger partial charge in [0.15, 0.2) is 0 Å². The van der Waals surface area contributed by atoms with Gasteiger partial charge in [-0.25, -0.2) is 4.79 Å². The van der Waals surface area contributed by atoms with Gasteiger partial charge in [0.05, 0.1) is 6.61 Å². The Morgan fingerprint density at radius 3 is 2.67 bits per heavy atom. The van der Waals surface area contributed by atoms with Crippen molar-refractivity contribution in [3.8, 4) is 5.75 Å². The molecule has 0 heterocycles. The number of esters is 1. The summed E-state index contributed by atoms with van der Waals surface area (Å²) >= 11 is 0. The third kappa shape index (κ3) is 4.31. The second-order valence-electron chi connectivity index (χ2n) is 3.09. The molecule has 0 bridgehead atoms. The van der Waals surface area contributed by atoms with Crippen molar-refractivity contribution < 1.29 is 14.6 Å². The zero-order valence-corrected chi connectivity index (χ0v) is 8.64. The fourth-order valence-electron chi connectivity index (χ4n) is 1.00. The number of carbonyl (C=O) groups is 1. The quantitative estimate of drug-likeness (QED) is 0.607. The van der Waals surface area contributed by atoms with Crippen molar-refractivity contribution in [1.29, 1.82) is 0 Å². The zero-order chi connectivity index (χ0) is 11.1.